The molecule has 0 radical (unpaired) electrons. The topological polar surface area (TPSA) is 78.9 Å². The van der Waals surface area contributed by atoms with Crippen LogP contribution in [0.2, 0.25) is 0 Å². The Morgan fingerprint density at radius 3 is 2.69 bits per heavy atom. The summed E-state index contributed by atoms with van der Waals surface area (Å²) in [6.45, 7) is 5.45. The maximum Gasteiger partial charge on any atom is 0.347 e. The number of benzene rings is 1. The minimum absolute atomic E-state index is 0.0683. The molecular weight excluding hydrogens is 336 g/mol. The third-order valence-corrected chi connectivity index (χ3v) is 3.98. The van der Waals surface area contributed by atoms with Crippen molar-refractivity contribution >= 4 is 16.9 Å². The SMILES string of the molecule is CCOC(=O)C(C)Oc1c(-c2ccco2)oc2ccc(CC)cc2c1=O. The first-order chi connectivity index (χ1) is 12.5. The second-order valence-electron chi connectivity index (χ2n) is 5.76. The summed E-state index contributed by atoms with van der Waals surface area (Å²) in [7, 11) is 0. The van der Waals surface area contributed by atoms with Crippen LogP contribution in [0.15, 0.2) is 50.2 Å². The summed E-state index contributed by atoms with van der Waals surface area (Å²) in [5, 5.41) is 0.394. The summed E-state index contributed by atoms with van der Waals surface area (Å²) in [5.41, 5.74) is 1.07. The summed E-state index contributed by atoms with van der Waals surface area (Å²) in [4.78, 5) is 25.0. The van der Waals surface area contributed by atoms with Crippen molar-refractivity contribution in [1.29, 1.82) is 0 Å². The normalized spacial score (nSPS) is 12.1. The molecule has 3 aromatic rings. The third kappa shape index (κ3) is 3.35. The first-order valence-corrected chi connectivity index (χ1v) is 8.52. The lowest BCUT2D eigenvalue weighted by molar-refractivity contribution is -0.150. The second-order valence-corrected chi connectivity index (χ2v) is 5.76. The highest BCUT2D eigenvalue weighted by Gasteiger charge is 2.24. The van der Waals surface area contributed by atoms with Gasteiger partial charge in [0.25, 0.3) is 0 Å². The van der Waals surface area contributed by atoms with Crippen LogP contribution in [0.1, 0.15) is 26.3 Å². The van der Waals surface area contributed by atoms with Gasteiger partial charge in [-0.1, -0.05) is 13.0 Å². The lowest BCUT2D eigenvalue weighted by Crippen LogP contribution is -2.28. The molecule has 0 amide bonds. The average molecular weight is 356 g/mol. The highest BCUT2D eigenvalue weighted by Crippen LogP contribution is 2.32. The first kappa shape index (κ1) is 17.8. The molecule has 2 aromatic heterocycles. The van der Waals surface area contributed by atoms with Gasteiger partial charge in [0.05, 0.1) is 18.3 Å². The number of hydrogen-bond acceptors (Lipinski definition) is 6. The van der Waals surface area contributed by atoms with Crippen molar-refractivity contribution in [2.75, 3.05) is 6.61 Å². The van der Waals surface area contributed by atoms with Gasteiger partial charge in [0.2, 0.25) is 16.9 Å². The predicted molar refractivity (Wildman–Crippen MR) is 96.3 cm³/mol. The number of hydrogen-bond donors (Lipinski definition) is 0. The number of furan rings is 1. The standard InChI is InChI=1S/C20H20O6/c1-4-13-8-9-15-14(11-13)17(21)19(25-12(3)20(22)23-5-2)18(26-15)16-7-6-10-24-16/h6-12H,4-5H2,1-3H3. The molecule has 0 N–H and O–H groups in total. The van der Waals surface area contributed by atoms with Crippen LogP contribution in [0.3, 0.4) is 0 Å². The number of aryl methyl sites for hydroxylation is 1. The molecule has 0 fully saturated rings. The molecule has 0 aliphatic carbocycles. The largest absolute Gasteiger partial charge is 0.471 e. The van der Waals surface area contributed by atoms with E-state index in [2.05, 4.69) is 0 Å². The van der Waals surface area contributed by atoms with Gasteiger partial charge in [-0.05, 0) is 50.1 Å². The highest BCUT2D eigenvalue weighted by molar-refractivity contribution is 5.82. The fraction of sp³-hybridized carbons (Fsp3) is 0.300. The Hall–Kier alpha value is -3.02. The van der Waals surface area contributed by atoms with Gasteiger partial charge in [0.15, 0.2) is 11.9 Å². The molecular formula is C20H20O6. The maximum absolute atomic E-state index is 13.0. The molecule has 2 heterocycles. The van der Waals surface area contributed by atoms with E-state index in [1.807, 2.05) is 13.0 Å². The van der Waals surface area contributed by atoms with E-state index in [1.54, 1.807) is 31.2 Å². The zero-order chi connectivity index (χ0) is 18.7. The van der Waals surface area contributed by atoms with Gasteiger partial charge in [0.1, 0.15) is 5.58 Å². The Balaban J connectivity index is 2.17. The van der Waals surface area contributed by atoms with Crippen molar-refractivity contribution in [3.8, 4) is 17.3 Å². The molecule has 136 valence electrons. The van der Waals surface area contributed by atoms with E-state index < -0.39 is 12.1 Å². The minimum atomic E-state index is -0.960. The molecule has 0 spiro atoms. The van der Waals surface area contributed by atoms with Gasteiger partial charge in [-0.25, -0.2) is 4.79 Å². The molecule has 6 heteroatoms. The maximum atomic E-state index is 13.0. The van der Waals surface area contributed by atoms with Gasteiger partial charge in [0, 0.05) is 0 Å². The molecule has 6 nitrogen and oxygen atoms in total. The molecule has 0 aliphatic rings. The van der Waals surface area contributed by atoms with Gasteiger partial charge in [-0.3, -0.25) is 4.79 Å². The quantitative estimate of drug-likeness (QED) is 0.622. The van der Waals surface area contributed by atoms with E-state index in [0.29, 0.717) is 16.7 Å². The van der Waals surface area contributed by atoms with E-state index in [0.717, 1.165) is 12.0 Å². The molecule has 0 saturated carbocycles. The van der Waals surface area contributed by atoms with Crippen LogP contribution in [0, 0.1) is 0 Å². The third-order valence-electron chi connectivity index (χ3n) is 3.98. The summed E-state index contributed by atoms with van der Waals surface area (Å²) in [6.07, 6.45) is 1.29. The fourth-order valence-electron chi connectivity index (χ4n) is 2.61. The van der Waals surface area contributed by atoms with E-state index in [4.69, 9.17) is 18.3 Å². The number of fused-ring (bicyclic) bond motifs is 1. The van der Waals surface area contributed by atoms with E-state index in [-0.39, 0.29) is 23.5 Å². The lowest BCUT2D eigenvalue weighted by Gasteiger charge is -2.15. The van der Waals surface area contributed by atoms with Crippen LogP contribution in [0.5, 0.6) is 5.75 Å². The smallest absolute Gasteiger partial charge is 0.347 e. The Kier molecular flexibility index (Phi) is 5.11. The van der Waals surface area contributed by atoms with Crippen molar-refractivity contribution in [1.82, 2.24) is 0 Å². The Morgan fingerprint density at radius 1 is 1.23 bits per heavy atom. The van der Waals surface area contributed by atoms with Crippen molar-refractivity contribution in [3.63, 3.8) is 0 Å². The molecule has 3 rings (SSSR count). The zero-order valence-electron chi connectivity index (χ0n) is 14.9. The van der Waals surface area contributed by atoms with Crippen LogP contribution in [0.4, 0.5) is 0 Å². The molecule has 0 aliphatic heterocycles. The number of esters is 1. The lowest BCUT2D eigenvalue weighted by atomic mass is 10.1. The second kappa shape index (κ2) is 7.47. The van der Waals surface area contributed by atoms with Crippen molar-refractivity contribution in [2.45, 2.75) is 33.3 Å². The summed E-state index contributed by atoms with van der Waals surface area (Å²) in [5.74, 6) is -0.136. The Bertz CT molecular complexity index is 968. The van der Waals surface area contributed by atoms with Crippen molar-refractivity contribution in [2.24, 2.45) is 0 Å². The molecule has 26 heavy (non-hydrogen) atoms. The monoisotopic (exact) mass is 356 g/mol. The van der Waals surface area contributed by atoms with Gasteiger partial charge in [-0.2, -0.15) is 0 Å². The zero-order valence-corrected chi connectivity index (χ0v) is 14.9. The highest BCUT2D eigenvalue weighted by atomic mass is 16.6. The number of ether oxygens (including phenoxy) is 2. The molecule has 1 atom stereocenters. The molecule has 0 saturated heterocycles. The average Bonchev–Trinajstić information content (AvgIpc) is 3.18. The Labute approximate surface area is 150 Å². The van der Waals surface area contributed by atoms with Crippen LogP contribution in [-0.2, 0) is 16.0 Å². The predicted octanol–water partition coefficient (Wildman–Crippen LogP) is 3.95. The van der Waals surface area contributed by atoms with Crippen LogP contribution in [-0.4, -0.2) is 18.7 Å². The summed E-state index contributed by atoms with van der Waals surface area (Å²) < 4.78 is 21.9. The Morgan fingerprint density at radius 2 is 2.04 bits per heavy atom. The molecule has 1 aromatic carbocycles. The van der Waals surface area contributed by atoms with Crippen LogP contribution < -0.4 is 10.2 Å². The molecule has 1 unspecified atom stereocenters. The van der Waals surface area contributed by atoms with E-state index >= 15 is 0 Å². The fourth-order valence-corrected chi connectivity index (χ4v) is 2.61. The summed E-state index contributed by atoms with van der Waals surface area (Å²) in [6, 6.07) is 8.76. The minimum Gasteiger partial charge on any atom is -0.471 e. The van der Waals surface area contributed by atoms with Gasteiger partial charge in [-0.15, -0.1) is 0 Å². The summed E-state index contributed by atoms with van der Waals surface area (Å²) >= 11 is 0. The van der Waals surface area contributed by atoms with Crippen molar-refractivity contribution < 1.29 is 23.1 Å². The van der Waals surface area contributed by atoms with E-state index in [1.165, 1.54) is 13.2 Å². The van der Waals surface area contributed by atoms with Gasteiger partial charge >= 0.3 is 5.97 Å². The molecule has 0 bridgehead atoms. The first-order valence-electron chi connectivity index (χ1n) is 8.52. The van der Waals surface area contributed by atoms with Crippen LogP contribution in [0.25, 0.3) is 22.5 Å². The van der Waals surface area contributed by atoms with Crippen LogP contribution >= 0.6 is 0 Å². The number of carbonyl (C=O) groups excluding carboxylic acids is 1. The van der Waals surface area contributed by atoms with E-state index in [9.17, 15) is 9.59 Å². The number of rotatable bonds is 6. The number of carbonyl (C=O) groups is 1. The van der Waals surface area contributed by atoms with Crippen molar-refractivity contribution in [3.05, 3.63) is 52.4 Å². The van der Waals surface area contributed by atoms with Gasteiger partial charge < -0.3 is 18.3 Å².